The fraction of sp³-hybridized carbons (Fsp3) is 0.636. The minimum Gasteiger partial charge on any atom is -0.495 e. The van der Waals surface area contributed by atoms with Gasteiger partial charge in [0.15, 0.2) is 0 Å². The number of amides is 2. The Morgan fingerprint density at radius 1 is 1.17 bits per heavy atom. The highest BCUT2D eigenvalue weighted by atomic mass is 16.5. The lowest BCUT2D eigenvalue weighted by Gasteiger charge is -2.32. The predicted octanol–water partition coefficient (Wildman–Crippen LogP) is 2.56. The van der Waals surface area contributed by atoms with Crippen molar-refractivity contribution in [3.63, 3.8) is 0 Å². The Labute approximate surface area is 177 Å². The fourth-order valence-corrected chi connectivity index (χ4v) is 4.01. The zero-order valence-corrected chi connectivity index (χ0v) is 17.6. The van der Waals surface area contributed by atoms with Gasteiger partial charge in [-0.15, -0.1) is 0 Å². The molecule has 0 radical (unpaired) electrons. The molecule has 2 heterocycles. The van der Waals surface area contributed by atoms with Gasteiger partial charge in [0.25, 0.3) is 0 Å². The number of anilines is 1. The maximum absolute atomic E-state index is 11.8. The predicted molar refractivity (Wildman–Crippen MR) is 112 cm³/mol. The average molecular weight is 418 g/mol. The number of nitrogens with one attached hydrogen (secondary N) is 2. The SMILES string of the molecule is COc1ccc(OCCN2CCC(NC(=O)OCC3CC3)CC2)c2c1NC(=O)CC2. The van der Waals surface area contributed by atoms with E-state index in [4.69, 9.17) is 14.2 Å². The van der Waals surface area contributed by atoms with Gasteiger partial charge >= 0.3 is 6.09 Å². The standard InChI is InChI=1S/C22H31N3O5/c1-28-19-6-5-18(17-4-7-20(26)24-21(17)19)29-13-12-25-10-8-16(9-11-25)23-22(27)30-14-15-2-3-15/h5-6,15-16H,2-4,7-14H2,1H3,(H,23,27)(H,24,26). The molecule has 0 atom stereocenters. The minimum absolute atomic E-state index is 0.00542. The minimum atomic E-state index is -0.278. The molecule has 4 rings (SSSR count). The Hall–Kier alpha value is -2.48. The number of carbonyl (C=O) groups excluding carboxylic acids is 2. The van der Waals surface area contributed by atoms with Crippen molar-refractivity contribution in [2.24, 2.45) is 5.92 Å². The summed E-state index contributed by atoms with van der Waals surface area (Å²) in [6.07, 6.45) is 5.04. The van der Waals surface area contributed by atoms with Gasteiger partial charge in [-0.3, -0.25) is 9.69 Å². The van der Waals surface area contributed by atoms with E-state index in [-0.39, 0.29) is 18.0 Å². The molecule has 1 aromatic carbocycles. The average Bonchev–Trinajstić information content (AvgIpc) is 3.58. The van der Waals surface area contributed by atoms with E-state index in [1.54, 1.807) is 7.11 Å². The van der Waals surface area contributed by atoms with Crippen LogP contribution in [0.2, 0.25) is 0 Å². The lowest BCUT2D eigenvalue weighted by atomic mass is 10.0. The van der Waals surface area contributed by atoms with Gasteiger partial charge in [-0.2, -0.15) is 0 Å². The number of ether oxygens (including phenoxy) is 3. The highest BCUT2D eigenvalue weighted by Gasteiger charge is 2.26. The van der Waals surface area contributed by atoms with E-state index in [9.17, 15) is 9.59 Å². The van der Waals surface area contributed by atoms with Crippen molar-refractivity contribution in [3.05, 3.63) is 17.7 Å². The first-order chi connectivity index (χ1) is 14.6. The molecule has 1 aliphatic carbocycles. The third-order valence-electron chi connectivity index (χ3n) is 6.04. The molecule has 2 fully saturated rings. The number of carbonyl (C=O) groups is 2. The monoisotopic (exact) mass is 417 g/mol. The second-order valence-electron chi connectivity index (χ2n) is 8.32. The molecule has 2 aliphatic heterocycles. The van der Waals surface area contributed by atoms with Crippen LogP contribution in [0.25, 0.3) is 0 Å². The number of methoxy groups -OCH3 is 1. The van der Waals surface area contributed by atoms with E-state index in [2.05, 4.69) is 15.5 Å². The molecule has 3 aliphatic rings. The van der Waals surface area contributed by atoms with Crippen molar-refractivity contribution in [1.29, 1.82) is 0 Å². The number of hydrogen-bond acceptors (Lipinski definition) is 6. The third kappa shape index (κ3) is 5.36. The highest BCUT2D eigenvalue weighted by molar-refractivity contribution is 5.96. The number of hydrogen-bond donors (Lipinski definition) is 2. The van der Waals surface area contributed by atoms with E-state index in [0.717, 1.165) is 49.5 Å². The summed E-state index contributed by atoms with van der Waals surface area (Å²) in [7, 11) is 1.60. The van der Waals surface area contributed by atoms with Crippen molar-refractivity contribution < 1.29 is 23.8 Å². The van der Waals surface area contributed by atoms with E-state index in [0.29, 0.717) is 37.7 Å². The smallest absolute Gasteiger partial charge is 0.407 e. The summed E-state index contributed by atoms with van der Waals surface area (Å²) in [5, 5.41) is 5.89. The molecule has 2 amide bonds. The molecular weight excluding hydrogens is 386 g/mol. The lowest BCUT2D eigenvalue weighted by molar-refractivity contribution is -0.116. The number of alkyl carbamates (subject to hydrolysis) is 1. The number of piperidine rings is 1. The molecule has 164 valence electrons. The van der Waals surface area contributed by atoms with Gasteiger partial charge in [0, 0.05) is 37.7 Å². The van der Waals surface area contributed by atoms with Gasteiger partial charge in [-0.25, -0.2) is 4.79 Å². The highest BCUT2D eigenvalue weighted by Crippen LogP contribution is 2.38. The first kappa shape index (κ1) is 20.8. The zero-order valence-electron chi connectivity index (χ0n) is 17.6. The maximum Gasteiger partial charge on any atom is 0.407 e. The van der Waals surface area contributed by atoms with Gasteiger partial charge in [0.2, 0.25) is 5.91 Å². The molecule has 1 saturated heterocycles. The van der Waals surface area contributed by atoms with Crippen molar-refractivity contribution in [1.82, 2.24) is 10.2 Å². The van der Waals surface area contributed by atoms with Crippen LogP contribution >= 0.6 is 0 Å². The molecule has 0 unspecified atom stereocenters. The van der Waals surface area contributed by atoms with Crippen LogP contribution in [0, 0.1) is 5.92 Å². The summed E-state index contributed by atoms with van der Waals surface area (Å²) in [6.45, 7) is 3.81. The first-order valence-electron chi connectivity index (χ1n) is 10.9. The van der Waals surface area contributed by atoms with Gasteiger partial charge in [0.05, 0.1) is 19.4 Å². The molecule has 0 aromatic heterocycles. The Bertz CT molecular complexity index is 772. The van der Waals surface area contributed by atoms with E-state index in [1.165, 1.54) is 12.8 Å². The molecule has 30 heavy (non-hydrogen) atoms. The van der Waals surface area contributed by atoms with Crippen LogP contribution in [0.3, 0.4) is 0 Å². The van der Waals surface area contributed by atoms with Gasteiger partial charge in [-0.1, -0.05) is 0 Å². The van der Waals surface area contributed by atoms with Crippen LogP contribution < -0.4 is 20.1 Å². The molecule has 0 spiro atoms. The molecule has 0 bridgehead atoms. The molecule has 8 nitrogen and oxygen atoms in total. The molecule has 8 heteroatoms. The number of rotatable bonds is 8. The Balaban J connectivity index is 1.20. The van der Waals surface area contributed by atoms with E-state index >= 15 is 0 Å². The second-order valence-corrected chi connectivity index (χ2v) is 8.32. The Kier molecular flexibility index (Phi) is 6.62. The van der Waals surface area contributed by atoms with Crippen LogP contribution in [0.5, 0.6) is 11.5 Å². The summed E-state index contributed by atoms with van der Waals surface area (Å²) >= 11 is 0. The van der Waals surface area contributed by atoms with Crippen LogP contribution in [0.15, 0.2) is 12.1 Å². The topological polar surface area (TPSA) is 89.1 Å². The third-order valence-corrected chi connectivity index (χ3v) is 6.04. The normalized spacial score (nSPS) is 19.6. The van der Waals surface area contributed by atoms with Crippen LogP contribution in [-0.4, -0.2) is 62.9 Å². The number of fused-ring (bicyclic) bond motifs is 1. The summed E-state index contributed by atoms with van der Waals surface area (Å²) < 4.78 is 16.7. The zero-order chi connectivity index (χ0) is 20.9. The van der Waals surface area contributed by atoms with Gasteiger partial charge in [0.1, 0.15) is 18.1 Å². The first-order valence-corrected chi connectivity index (χ1v) is 10.9. The van der Waals surface area contributed by atoms with Crippen molar-refractivity contribution >= 4 is 17.7 Å². The van der Waals surface area contributed by atoms with E-state index in [1.807, 2.05) is 12.1 Å². The largest absolute Gasteiger partial charge is 0.495 e. The number of benzene rings is 1. The lowest BCUT2D eigenvalue weighted by Crippen LogP contribution is -2.45. The molecule has 1 saturated carbocycles. The molecule has 1 aromatic rings. The second kappa shape index (κ2) is 9.55. The Morgan fingerprint density at radius 2 is 1.93 bits per heavy atom. The summed E-state index contributed by atoms with van der Waals surface area (Å²) in [5.41, 5.74) is 1.73. The molecule has 2 N–H and O–H groups in total. The summed E-state index contributed by atoms with van der Waals surface area (Å²) in [4.78, 5) is 25.9. The number of likely N-dealkylation sites (tertiary alicyclic amines) is 1. The summed E-state index contributed by atoms with van der Waals surface area (Å²) in [6, 6.07) is 3.93. The molecular formula is C22H31N3O5. The van der Waals surface area contributed by atoms with Crippen LogP contribution in [-0.2, 0) is 16.0 Å². The van der Waals surface area contributed by atoms with Crippen LogP contribution in [0.4, 0.5) is 10.5 Å². The fourth-order valence-electron chi connectivity index (χ4n) is 4.01. The van der Waals surface area contributed by atoms with E-state index < -0.39 is 0 Å². The van der Waals surface area contributed by atoms with Gasteiger partial charge in [-0.05, 0) is 50.2 Å². The van der Waals surface area contributed by atoms with Crippen molar-refractivity contribution in [2.45, 2.75) is 44.6 Å². The Morgan fingerprint density at radius 3 is 2.67 bits per heavy atom. The van der Waals surface area contributed by atoms with Crippen molar-refractivity contribution in [3.8, 4) is 11.5 Å². The maximum atomic E-state index is 11.8. The van der Waals surface area contributed by atoms with Crippen molar-refractivity contribution in [2.75, 3.05) is 45.3 Å². The quantitative estimate of drug-likeness (QED) is 0.676. The van der Waals surface area contributed by atoms with Gasteiger partial charge < -0.3 is 24.8 Å². The number of nitrogens with zero attached hydrogens (tertiary/aromatic N) is 1. The summed E-state index contributed by atoms with van der Waals surface area (Å²) in [5.74, 6) is 2.06. The van der Waals surface area contributed by atoms with Crippen LogP contribution in [0.1, 0.15) is 37.7 Å².